The second-order valence-electron chi connectivity index (χ2n) is 11.8. The first-order chi connectivity index (χ1) is 24.3. The van der Waals surface area contributed by atoms with Crippen LogP contribution in [0, 0.1) is 11.8 Å². The molecule has 0 bridgehead atoms. The quantitative estimate of drug-likeness (QED) is 0.0739. The Labute approximate surface area is 311 Å². The second-order valence-corrected chi connectivity index (χ2v) is 16.2. The lowest BCUT2D eigenvalue weighted by atomic mass is 9.68. The standard InChI is InChI=1S/C35H58O10S4/c1-2-36-9-10-37-11-12-38-15-17-41-21-23-44-32-7-3-6-31-30(32)5-4-8-33(31)45-24-22-42-18-16-39-13-14-40-19-20-43-27-29-28-48-35(49-29)34-46-25-26-47-34/h25-26,28,30-33H,2-24,27H2,1H3. The van der Waals surface area contributed by atoms with Gasteiger partial charge >= 0.3 is 0 Å². The Morgan fingerprint density at radius 2 is 0.918 bits per heavy atom. The maximum Gasteiger partial charge on any atom is 0.0785 e. The summed E-state index contributed by atoms with van der Waals surface area (Å²) in [5, 5.41) is 6.45. The number of ether oxygens (including phenoxy) is 10. The van der Waals surface area contributed by atoms with Gasteiger partial charge in [-0.25, -0.2) is 0 Å². The minimum atomic E-state index is 0.303. The van der Waals surface area contributed by atoms with Crippen molar-refractivity contribution >= 4 is 47.0 Å². The van der Waals surface area contributed by atoms with Crippen molar-refractivity contribution in [2.45, 2.75) is 57.7 Å². The first kappa shape index (κ1) is 42.0. The molecule has 2 heterocycles. The van der Waals surface area contributed by atoms with Gasteiger partial charge in [0.15, 0.2) is 0 Å². The molecule has 0 spiro atoms. The van der Waals surface area contributed by atoms with Crippen LogP contribution < -0.4 is 0 Å². The Bertz CT molecular complexity index is 945. The van der Waals surface area contributed by atoms with Gasteiger partial charge in [0.2, 0.25) is 0 Å². The molecule has 0 aromatic rings. The zero-order valence-electron chi connectivity index (χ0n) is 29.2. The lowest BCUT2D eigenvalue weighted by Gasteiger charge is -2.45. The molecule has 0 N–H and O–H groups in total. The predicted molar refractivity (Wildman–Crippen MR) is 201 cm³/mol. The Balaban J connectivity index is 0.903. The molecule has 49 heavy (non-hydrogen) atoms. The molecule has 0 radical (unpaired) electrons. The van der Waals surface area contributed by atoms with Crippen LogP contribution in [0.5, 0.6) is 0 Å². The van der Waals surface area contributed by atoms with Gasteiger partial charge in [-0.15, -0.1) is 0 Å². The Hall–Kier alpha value is 0.220. The van der Waals surface area contributed by atoms with Gasteiger partial charge in [0.05, 0.1) is 133 Å². The molecule has 10 nitrogen and oxygen atoms in total. The summed E-state index contributed by atoms with van der Waals surface area (Å²) in [5.74, 6) is 1.15. The summed E-state index contributed by atoms with van der Waals surface area (Å²) in [7, 11) is 0. The molecule has 2 fully saturated rings. The van der Waals surface area contributed by atoms with Gasteiger partial charge in [-0.1, -0.05) is 59.9 Å². The first-order valence-electron chi connectivity index (χ1n) is 18.0. The van der Waals surface area contributed by atoms with Gasteiger partial charge in [0, 0.05) is 11.5 Å². The highest BCUT2D eigenvalue weighted by Gasteiger charge is 2.41. The predicted octanol–water partition coefficient (Wildman–Crippen LogP) is 6.91. The van der Waals surface area contributed by atoms with Crippen molar-refractivity contribution in [3.05, 3.63) is 29.6 Å². The van der Waals surface area contributed by atoms with Crippen molar-refractivity contribution < 1.29 is 47.4 Å². The molecule has 282 valence electrons. The molecule has 0 aromatic heterocycles. The van der Waals surface area contributed by atoms with Gasteiger partial charge in [0.1, 0.15) is 0 Å². The molecule has 4 rings (SSSR count). The van der Waals surface area contributed by atoms with E-state index in [1.165, 1.54) is 39.1 Å². The summed E-state index contributed by atoms with van der Waals surface area (Å²) in [6, 6.07) is 0. The van der Waals surface area contributed by atoms with Crippen molar-refractivity contribution in [3.63, 3.8) is 0 Å². The average molecular weight is 767 g/mol. The summed E-state index contributed by atoms with van der Waals surface area (Å²) in [4.78, 5) is 1.26. The Morgan fingerprint density at radius 3 is 1.39 bits per heavy atom. The van der Waals surface area contributed by atoms with Crippen molar-refractivity contribution in [1.82, 2.24) is 0 Å². The lowest BCUT2D eigenvalue weighted by Crippen LogP contribution is -2.44. The van der Waals surface area contributed by atoms with E-state index < -0.39 is 0 Å². The van der Waals surface area contributed by atoms with Crippen molar-refractivity contribution in [2.75, 3.05) is 119 Å². The smallest absolute Gasteiger partial charge is 0.0785 e. The fourth-order valence-electron chi connectivity index (χ4n) is 6.20. The third-order valence-electron chi connectivity index (χ3n) is 8.45. The van der Waals surface area contributed by atoms with E-state index in [0.717, 1.165) is 19.4 Å². The molecule has 0 amide bonds. The van der Waals surface area contributed by atoms with Crippen molar-refractivity contribution in [1.29, 1.82) is 0 Å². The zero-order chi connectivity index (χ0) is 34.0. The van der Waals surface area contributed by atoms with E-state index in [4.69, 9.17) is 47.4 Å². The molecule has 0 aromatic carbocycles. The van der Waals surface area contributed by atoms with E-state index in [0.29, 0.717) is 136 Å². The number of rotatable bonds is 29. The molecule has 2 saturated carbocycles. The summed E-state index contributed by atoms with van der Waals surface area (Å²) in [5.41, 5.74) is 0. The van der Waals surface area contributed by atoms with Crippen LogP contribution in [0.4, 0.5) is 0 Å². The molecular formula is C35H58O10S4. The maximum absolute atomic E-state index is 6.36. The molecule has 14 heteroatoms. The SMILES string of the molecule is CCOCCOCCOCCOCCOC1CCCC2C(OCCOCCOCCOCCOCC3=CSC(=C4SC=CS4)S3)CCCC12. The van der Waals surface area contributed by atoms with Gasteiger partial charge in [-0.3, -0.25) is 0 Å². The van der Waals surface area contributed by atoms with E-state index in [9.17, 15) is 0 Å². The van der Waals surface area contributed by atoms with Gasteiger partial charge in [-0.2, -0.15) is 0 Å². The summed E-state index contributed by atoms with van der Waals surface area (Å²) in [6.45, 7) is 12.7. The highest BCUT2D eigenvalue weighted by atomic mass is 32.2. The van der Waals surface area contributed by atoms with E-state index in [1.54, 1.807) is 35.3 Å². The number of fused-ring (bicyclic) bond motifs is 1. The van der Waals surface area contributed by atoms with Crippen molar-refractivity contribution in [2.24, 2.45) is 11.8 Å². The minimum Gasteiger partial charge on any atom is -0.379 e. The highest BCUT2D eigenvalue weighted by Crippen LogP contribution is 2.53. The molecule has 4 aliphatic rings. The molecule has 4 unspecified atom stereocenters. The zero-order valence-corrected chi connectivity index (χ0v) is 32.5. The molecular weight excluding hydrogens is 709 g/mol. The Kier molecular flexibility index (Phi) is 23.8. The summed E-state index contributed by atoms with van der Waals surface area (Å²) < 4.78 is 60.2. The van der Waals surface area contributed by atoms with Gasteiger partial charge in [-0.05, 0) is 60.7 Å². The van der Waals surface area contributed by atoms with Crippen LogP contribution in [-0.4, -0.2) is 131 Å². The number of hydrogen-bond acceptors (Lipinski definition) is 14. The van der Waals surface area contributed by atoms with E-state index in [-0.39, 0.29) is 0 Å². The first-order valence-corrected chi connectivity index (χ1v) is 21.4. The van der Waals surface area contributed by atoms with E-state index >= 15 is 0 Å². The molecule has 2 aliphatic carbocycles. The van der Waals surface area contributed by atoms with Crippen LogP contribution in [0.25, 0.3) is 0 Å². The van der Waals surface area contributed by atoms with Crippen LogP contribution in [0.15, 0.2) is 29.6 Å². The maximum atomic E-state index is 6.36. The van der Waals surface area contributed by atoms with Gasteiger partial charge in [0.25, 0.3) is 0 Å². The minimum absolute atomic E-state index is 0.303. The fourth-order valence-corrected chi connectivity index (χ4v) is 10.6. The highest BCUT2D eigenvalue weighted by molar-refractivity contribution is 8.33. The largest absolute Gasteiger partial charge is 0.379 e. The fraction of sp³-hybridized carbons (Fsp3) is 0.829. The average Bonchev–Trinajstić information content (AvgIpc) is 3.84. The van der Waals surface area contributed by atoms with Crippen LogP contribution >= 0.6 is 47.0 Å². The third kappa shape index (κ3) is 17.7. The van der Waals surface area contributed by atoms with Gasteiger partial charge < -0.3 is 47.4 Å². The Morgan fingerprint density at radius 1 is 0.490 bits per heavy atom. The lowest BCUT2D eigenvalue weighted by molar-refractivity contribution is -0.118. The monoisotopic (exact) mass is 766 g/mol. The van der Waals surface area contributed by atoms with Crippen LogP contribution in [0.2, 0.25) is 0 Å². The van der Waals surface area contributed by atoms with Crippen molar-refractivity contribution in [3.8, 4) is 0 Å². The van der Waals surface area contributed by atoms with Crippen LogP contribution in [0.3, 0.4) is 0 Å². The summed E-state index contributed by atoms with van der Waals surface area (Å²) >= 11 is 7.19. The van der Waals surface area contributed by atoms with E-state index in [2.05, 4.69) is 16.2 Å². The second kappa shape index (κ2) is 27.8. The summed E-state index contributed by atoms with van der Waals surface area (Å²) in [6.07, 6.45) is 7.73. The third-order valence-corrected chi connectivity index (χ3v) is 13.5. The van der Waals surface area contributed by atoms with Crippen LogP contribution in [0.1, 0.15) is 45.4 Å². The molecule has 4 atom stereocenters. The number of thioether (sulfide) groups is 4. The van der Waals surface area contributed by atoms with E-state index in [1.807, 2.05) is 18.7 Å². The molecule has 2 aliphatic heterocycles. The normalized spacial score (nSPS) is 23.8. The van der Waals surface area contributed by atoms with Crippen LogP contribution in [-0.2, 0) is 47.4 Å². The topological polar surface area (TPSA) is 92.3 Å². The number of hydrogen-bond donors (Lipinski definition) is 0. The molecule has 0 saturated heterocycles.